The number of anilines is 2. The lowest BCUT2D eigenvalue weighted by atomic mass is 10.2. The van der Waals surface area contributed by atoms with E-state index in [1.54, 1.807) is 12.1 Å². The van der Waals surface area contributed by atoms with Gasteiger partial charge in [-0.15, -0.1) is 11.3 Å². The van der Waals surface area contributed by atoms with Crippen LogP contribution in [0.2, 0.25) is 0 Å². The topological polar surface area (TPSA) is 73.2 Å². The van der Waals surface area contributed by atoms with Gasteiger partial charge in [0.2, 0.25) is 0 Å². The Kier molecular flexibility index (Phi) is 3.57. The van der Waals surface area contributed by atoms with E-state index >= 15 is 0 Å². The molecular weight excluding hydrogens is 306 g/mol. The van der Waals surface area contributed by atoms with Crippen LogP contribution in [-0.2, 0) is 10.0 Å². The normalized spacial score (nSPS) is 14.7. The molecule has 108 valence electrons. The summed E-state index contributed by atoms with van der Waals surface area (Å²) in [7, 11) is -3.63. The van der Waals surface area contributed by atoms with Gasteiger partial charge in [0.25, 0.3) is 10.0 Å². The number of rotatable bonds is 2. The van der Waals surface area contributed by atoms with Gasteiger partial charge in [-0.3, -0.25) is 4.31 Å². The lowest BCUT2D eigenvalue weighted by Crippen LogP contribution is -2.31. The fourth-order valence-corrected chi connectivity index (χ4v) is 5.02. The van der Waals surface area contributed by atoms with Gasteiger partial charge in [-0.2, -0.15) is 5.26 Å². The van der Waals surface area contributed by atoms with Gasteiger partial charge in [0.1, 0.15) is 15.2 Å². The van der Waals surface area contributed by atoms with Crippen molar-refractivity contribution in [1.29, 1.82) is 5.26 Å². The number of fused-ring (bicyclic) bond motifs is 1. The van der Waals surface area contributed by atoms with Gasteiger partial charge in [-0.05, 0) is 30.7 Å². The van der Waals surface area contributed by atoms with Crippen molar-refractivity contribution in [3.05, 3.63) is 41.3 Å². The molecular formula is C14H13N3O2S2. The number of para-hydroxylation sites is 2. The molecule has 0 spiro atoms. The number of hydrogen-bond donors (Lipinski definition) is 1. The van der Waals surface area contributed by atoms with Crippen LogP contribution in [0, 0.1) is 11.3 Å². The molecule has 3 rings (SSSR count). The van der Waals surface area contributed by atoms with Crippen LogP contribution in [0.4, 0.5) is 11.4 Å². The Bertz CT molecular complexity index is 806. The highest BCUT2D eigenvalue weighted by molar-refractivity contribution is 7.94. The number of nitrogens with zero attached hydrogens (tertiary/aromatic N) is 2. The summed E-state index contributed by atoms with van der Waals surface area (Å²) in [4.78, 5) is 0.398. The van der Waals surface area contributed by atoms with E-state index in [9.17, 15) is 8.42 Å². The fourth-order valence-electron chi connectivity index (χ4n) is 2.28. The molecule has 1 aliphatic heterocycles. The summed E-state index contributed by atoms with van der Waals surface area (Å²) >= 11 is 1.00. The maximum atomic E-state index is 12.8. The van der Waals surface area contributed by atoms with Crippen molar-refractivity contribution >= 4 is 32.7 Å². The highest BCUT2D eigenvalue weighted by atomic mass is 32.2. The molecule has 2 aromatic rings. The van der Waals surface area contributed by atoms with Crippen LogP contribution in [-0.4, -0.2) is 21.5 Å². The fraction of sp³-hybridized carbons (Fsp3) is 0.214. The Balaban J connectivity index is 2.08. The Morgan fingerprint density at radius 1 is 1.24 bits per heavy atom. The number of nitriles is 1. The van der Waals surface area contributed by atoms with E-state index in [1.165, 1.54) is 10.4 Å². The summed E-state index contributed by atoms with van der Waals surface area (Å²) < 4.78 is 27.3. The maximum absolute atomic E-state index is 12.8. The zero-order valence-corrected chi connectivity index (χ0v) is 12.7. The largest absolute Gasteiger partial charge is 0.383 e. The molecule has 0 amide bonds. The summed E-state index contributed by atoms with van der Waals surface area (Å²) in [6.45, 7) is 1.16. The lowest BCUT2D eigenvalue weighted by molar-refractivity contribution is 0.592. The Morgan fingerprint density at radius 2 is 2.05 bits per heavy atom. The second-order valence-electron chi connectivity index (χ2n) is 4.61. The average Bonchev–Trinajstić information content (AvgIpc) is 2.87. The monoisotopic (exact) mass is 319 g/mol. The summed E-state index contributed by atoms with van der Waals surface area (Å²) in [5, 5.41) is 12.1. The first-order valence-electron chi connectivity index (χ1n) is 6.48. The Labute approximate surface area is 127 Å². The van der Waals surface area contributed by atoms with Crippen LogP contribution in [0.15, 0.2) is 40.6 Å². The Hall–Kier alpha value is -2.04. The predicted octanol–water partition coefficient (Wildman–Crippen LogP) is 2.63. The zero-order valence-electron chi connectivity index (χ0n) is 11.1. The average molecular weight is 319 g/mol. The van der Waals surface area contributed by atoms with Crippen LogP contribution in [0.3, 0.4) is 0 Å². The molecule has 0 atom stereocenters. The van der Waals surface area contributed by atoms with E-state index in [1.807, 2.05) is 24.3 Å². The molecule has 1 aliphatic rings. The van der Waals surface area contributed by atoms with Gasteiger partial charge < -0.3 is 5.32 Å². The standard InChI is InChI=1S/C14H13N3O2S2/c15-10-11-6-7-14(20-11)21(18,19)17-9-3-8-16-12-4-1-2-5-13(12)17/h1-2,4-7,16H,3,8-9H2. The van der Waals surface area contributed by atoms with Gasteiger partial charge in [0.05, 0.1) is 11.4 Å². The van der Waals surface area contributed by atoms with Crippen molar-refractivity contribution in [2.45, 2.75) is 10.6 Å². The molecule has 0 saturated carbocycles. The zero-order chi connectivity index (χ0) is 14.9. The third kappa shape index (κ3) is 2.48. The van der Waals surface area contributed by atoms with E-state index in [0.29, 0.717) is 17.1 Å². The molecule has 1 N–H and O–H groups in total. The minimum atomic E-state index is -3.63. The molecule has 0 aliphatic carbocycles. The molecule has 0 bridgehead atoms. The molecule has 5 nitrogen and oxygen atoms in total. The van der Waals surface area contributed by atoms with Gasteiger partial charge in [0.15, 0.2) is 0 Å². The first kappa shape index (κ1) is 13.9. The van der Waals surface area contributed by atoms with E-state index < -0.39 is 10.0 Å². The molecule has 0 radical (unpaired) electrons. The minimum absolute atomic E-state index is 0.204. The molecule has 21 heavy (non-hydrogen) atoms. The predicted molar refractivity (Wildman–Crippen MR) is 83.1 cm³/mol. The summed E-state index contributed by atoms with van der Waals surface area (Å²) in [5.74, 6) is 0. The Morgan fingerprint density at radius 3 is 2.81 bits per heavy atom. The first-order chi connectivity index (χ1) is 10.1. The van der Waals surface area contributed by atoms with Crippen LogP contribution in [0.25, 0.3) is 0 Å². The van der Waals surface area contributed by atoms with Crippen molar-refractivity contribution in [1.82, 2.24) is 0 Å². The summed E-state index contributed by atoms with van der Waals surface area (Å²) in [6, 6.07) is 12.4. The number of hydrogen-bond acceptors (Lipinski definition) is 5. The molecule has 7 heteroatoms. The number of benzene rings is 1. The van der Waals surface area contributed by atoms with E-state index in [4.69, 9.17) is 5.26 Å². The van der Waals surface area contributed by atoms with Crippen LogP contribution >= 0.6 is 11.3 Å². The highest BCUT2D eigenvalue weighted by Crippen LogP contribution is 2.34. The van der Waals surface area contributed by atoms with Crippen LogP contribution in [0.1, 0.15) is 11.3 Å². The highest BCUT2D eigenvalue weighted by Gasteiger charge is 2.29. The number of nitrogens with one attached hydrogen (secondary N) is 1. The van der Waals surface area contributed by atoms with Gasteiger partial charge in [-0.1, -0.05) is 12.1 Å². The van der Waals surface area contributed by atoms with Gasteiger partial charge >= 0.3 is 0 Å². The van der Waals surface area contributed by atoms with Crippen molar-refractivity contribution in [3.8, 4) is 6.07 Å². The molecule has 0 saturated heterocycles. The molecule has 1 aromatic heterocycles. The van der Waals surface area contributed by atoms with Crippen LogP contribution < -0.4 is 9.62 Å². The second-order valence-corrected chi connectivity index (χ2v) is 7.78. The summed E-state index contributed by atoms with van der Waals surface area (Å²) in [5.41, 5.74) is 1.47. The summed E-state index contributed by atoms with van der Waals surface area (Å²) in [6.07, 6.45) is 0.727. The smallest absolute Gasteiger partial charge is 0.273 e. The van der Waals surface area contributed by atoms with Crippen molar-refractivity contribution in [2.75, 3.05) is 22.7 Å². The number of thiophene rings is 1. The van der Waals surface area contributed by atoms with Gasteiger partial charge in [-0.25, -0.2) is 8.42 Å². The maximum Gasteiger partial charge on any atom is 0.273 e. The minimum Gasteiger partial charge on any atom is -0.383 e. The first-order valence-corrected chi connectivity index (χ1v) is 8.74. The molecule has 0 unspecified atom stereocenters. The third-order valence-corrected chi connectivity index (χ3v) is 6.53. The SMILES string of the molecule is N#Cc1ccc(S(=O)(=O)N2CCCNc3ccccc32)s1. The lowest BCUT2D eigenvalue weighted by Gasteiger charge is -2.23. The molecule has 2 heterocycles. The van der Waals surface area contributed by atoms with Crippen molar-refractivity contribution in [2.24, 2.45) is 0 Å². The van der Waals surface area contributed by atoms with Crippen molar-refractivity contribution < 1.29 is 8.42 Å². The molecule has 1 aromatic carbocycles. The quantitative estimate of drug-likeness (QED) is 0.923. The van der Waals surface area contributed by atoms with E-state index in [0.717, 1.165) is 30.0 Å². The number of sulfonamides is 1. The van der Waals surface area contributed by atoms with Crippen LogP contribution in [0.5, 0.6) is 0 Å². The second kappa shape index (κ2) is 5.39. The van der Waals surface area contributed by atoms with E-state index in [-0.39, 0.29) is 4.21 Å². The van der Waals surface area contributed by atoms with Crippen molar-refractivity contribution in [3.63, 3.8) is 0 Å². The third-order valence-electron chi connectivity index (χ3n) is 3.26. The van der Waals surface area contributed by atoms with Gasteiger partial charge in [0, 0.05) is 13.1 Å². The molecule has 0 fully saturated rings. The van der Waals surface area contributed by atoms with E-state index in [2.05, 4.69) is 5.32 Å².